The minimum absolute atomic E-state index is 0.610. The van der Waals surface area contributed by atoms with E-state index in [1.807, 2.05) is 26.1 Å². The van der Waals surface area contributed by atoms with Crippen LogP contribution in [0.3, 0.4) is 0 Å². The van der Waals surface area contributed by atoms with Crippen LogP contribution in [-0.4, -0.2) is 45.7 Å². The standard InChI is InChI=1S/C16H24BrN5O2S/c1-4-7-24-15-10-13(17)12(9-14(15)23-5-2)11-18-6-8-25-16-19-20-21-22(16)3/h9-10,18H,4-8,11H2,1-3H3. The number of rotatable bonds is 11. The summed E-state index contributed by atoms with van der Waals surface area (Å²) in [5.41, 5.74) is 1.14. The monoisotopic (exact) mass is 429 g/mol. The minimum Gasteiger partial charge on any atom is -0.490 e. The molecule has 0 radical (unpaired) electrons. The highest BCUT2D eigenvalue weighted by atomic mass is 79.9. The fourth-order valence-electron chi connectivity index (χ4n) is 2.09. The predicted molar refractivity (Wildman–Crippen MR) is 102 cm³/mol. The zero-order valence-corrected chi connectivity index (χ0v) is 17.2. The van der Waals surface area contributed by atoms with Gasteiger partial charge in [-0.1, -0.05) is 34.6 Å². The SMILES string of the molecule is CCCOc1cc(Br)c(CNCCSc2nnnn2C)cc1OCC. The van der Waals surface area contributed by atoms with Crippen LogP contribution in [-0.2, 0) is 13.6 Å². The second-order valence-corrected chi connectivity index (χ2v) is 7.20. The van der Waals surface area contributed by atoms with E-state index in [2.05, 4.69) is 43.7 Å². The first-order chi connectivity index (χ1) is 12.2. The maximum absolute atomic E-state index is 5.77. The van der Waals surface area contributed by atoms with Gasteiger partial charge < -0.3 is 14.8 Å². The predicted octanol–water partition coefficient (Wildman–Crippen LogP) is 3.04. The molecular weight excluding hydrogens is 406 g/mol. The summed E-state index contributed by atoms with van der Waals surface area (Å²) >= 11 is 5.25. The van der Waals surface area contributed by atoms with Gasteiger partial charge in [-0.2, -0.15) is 0 Å². The van der Waals surface area contributed by atoms with Crippen LogP contribution in [0.25, 0.3) is 0 Å². The first kappa shape index (κ1) is 20.0. The third kappa shape index (κ3) is 6.16. The number of benzene rings is 1. The highest BCUT2D eigenvalue weighted by molar-refractivity contribution is 9.10. The van der Waals surface area contributed by atoms with Crippen molar-refractivity contribution in [3.8, 4) is 11.5 Å². The lowest BCUT2D eigenvalue weighted by Crippen LogP contribution is -2.17. The van der Waals surface area contributed by atoms with E-state index in [4.69, 9.17) is 9.47 Å². The molecule has 25 heavy (non-hydrogen) atoms. The van der Waals surface area contributed by atoms with Crippen molar-refractivity contribution in [3.05, 3.63) is 22.2 Å². The van der Waals surface area contributed by atoms with Gasteiger partial charge in [-0.05, 0) is 41.5 Å². The van der Waals surface area contributed by atoms with E-state index in [1.54, 1.807) is 16.4 Å². The van der Waals surface area contributed by atoms with Crippen LogP contribution in [0, 0.1) is 0 Å². The lowest BCUT2D eigenvalue weighted by Gasteiger charge is -2.15. The van der Waals surface area contributed by atoms with E-state index in [1.165, 1.54) is 0 Å². The van der Waals surface area contributed by atoms with E-state index in [-0.39, 0.29) is 0 Å². The van der Waals surface area contributed by atoms with Gasteiger partial charge in [0.25, 0.3) is 0 Å². The van der Waals surface area contributed by atoms with E-state index in [9.17, 15) is 0 Å². The number of ether oxygens (including phenoxy) is 2. The number of thioether (sulfide) groups is 1. The molecule has 1 aromatic carbocycles. The molecule has 138 valence electrons. The first-order valence-electron chi connectivity index (χ1n) is 8.29. The average molecular weight is 430 g/mol. The summed E-state index contributed by atoms with van der Waals surface area (Å²) in [6.45, 7) is 6.94. The number of hydrogen-bond donors (Lipinski definition) is 1. The lowest BCUT2D eigenvalue weighted by molar-refractivity contribution is 0.276. The average Bonchev–Trinajstić information content (AvgIpc) is 3.00. The number of nitrogens with zero attached hydrogens (tertiary/aromatic N) is 4. The Morgan fingerprint density at radius 1 is 1.24 bits per heavy atom. The molecule has 0 aliphatic rings. The summed E-state index contributed by atoms with van der Waals surface area (Å²) in [6, 6.07) is 4.02. The number of aryl methyl sites for hydroxylation is 1. The topological polar surface area (TPSA) is 74.1 Å². The molecule has 0 saturated heterocycles. The molecule has 0 aliphatic heterocycles. The molecule has 0 atom stereocenters. The normalized spacial score (nSPS) is 10.9. The highest BCUT2D eigenvalue weighted by Crippen LogP contribution is 2.34. The Labute approximate surface area is 161 Å². The summed E-state index contributed by atoms with van der Waals surface area (Å²) in [7, 11) is 1.84. The molecule has 0 spiro atoms. The van der Waals surface area contributed by atoms with E-state index in [0.29, 0.717) is 13.2 Å². The van der Waals surface area contributed by atoms with Crippen LogP contribution in [0.4, 0.5) is 0 Å². The van der Waals surface area contributed by atoms with Crippen molar-refractivity contribution in [1.29, 1.82) is 0 Å². The van der Waals surface area contributed by atoms with Crippen molar-refractivity contribution in [3.63, 3.8) is 0 Å². The zero-order valence-electron chi connectivity index (χ0n) is 14.8. The van der Waals surface area contributed by atoms with E-state index < -0.39 is 0 Å². The molecule has 1 aromatic heterocycles. The van der Waals surface area contributed by atoms with Gasteiger partial charge in [0.2, 0.25) is 5.16 Å². The molecule has 7 nitrogen and oxygen atoms in total. The Morgan fingerprint density at radius 2 is 2.04 bits per heavy atom. The number of hydrogen-bond acceptors (Lipinski definition) is 7. The number of nitrogens with one attached hydrogen (secondary N) is 1. The molecule has 1 heterocycles. The Morgan fingerprint density at radius 3 is 2.72 bits per heavy atom. The molecule has 0 bridgehead atoms. The van der Waals surface area contributed by atoms with Crippen molar-refractivity contribution >= 4 is 27.7 Å². The summed E-state index contributed by atoms with van der Waals surface area (Å²) in [5, 5.41) is 15.6. The third-order valence-electron chi connectivity index (χ3n) is 3.28. The molecule has 0 fully saturated rings. The summed E-state index contributed by atoms with van der Waals surface area (Å²) < 4.78 is 14.2. The second-order valence-electron chi connectivity index (χ2n) is 5.28. The van der Waals surface area contributed by atoms with E-state index >= 15 is 0 Å². The summed E-state index contributed by atoms with van der Waals surface area (Å²) in [6.07, 6.45) is 0.963. The van der Waals surface area contributed by atoms with Gasteiger partial charge in [-0.25, -0.2) is 4.68 Å². The maximum atomic E-state index is 5.77. The maximum Gasteiger partial charge on any atom is 0.209 e. The number of aromatic nitrogens is 4. The van der Waals surface area contributed by atoms with Crippen LogP contribution in [0.5, 0.6) is 11.5 Å². The molecule has 0 amide bonds. The molecule has 2 aromatic rings. The van der Waals surface area contributed by atoms with Crippen molar-refractivity contribution < 1.29 is 9.47 Å². The summed E-state index contributed by atoms with van der Waals surface area (Å²) in [4.78, 5) is 0. The number of halogens is 1. The van der Waals surface area contributed by atoms with Crippen molar-refractivity contribution in [2.75, 3.05) is 25.5 Å². The molecule has 1 N–H and O–H groups in total. The quantitative estimate of drug-likeness (QED) is 0.434. The fraction of sp³-hybridized carbons (Fsp3) is 0.562. The summed E-state index contributed by atoms with van der Waals surface area (Å²) in [5.74, 6) is 2.46. The molecule has 0 aliphatic carbocycles. The molecule has 2 rings (SSSR count). The minimum atomic E-state index is 0.610. The van der Waals surface area contributed by atoms with Crippen molar-refractivity contribution in [2.45, 2.75) is 32.0 Å². The number of tetrazole rings is 1. The largest absolute Gasteiger partial charge is 0.490 e. The highest BCUT2D eigenvalue weighted by Gasteiger charge is 2.11. The van der Waals surface area contributed by atoms with Crippen LogP contribution >= 0.6 is 27.7 Å². The van der Waals surface area contributed by atoms with E-state index in [0.717, 1.165) is 52.0 Å². The van der Waals surface area contributed by atoms with Crippen LogP contribution < -0.4 is 14.8 Å². The van der Waals surface area contributed by atoms with Crippen molar-refractivity contribution in [2.24, 2.45) is 7.05 Å². The Kier molecular flexibility index (Phi) is 8.50. The smallest absolute Gasteiger partial charge is 0.209 e. The molecular formula is C16H24BrN5O2S. The van der Waals surface area contributed by atoms with Crippen LogP contribution in [0.1, 0.15) is 25.8 Å². The van der Waals surface area contributed by atoms with Gasteiger partial charge in [-0.15, -0.1) is 5.10 Å². The fourth-order valence-corrected chi connectivity index (χ4v) is 3.30. The van der Waals surface area contributed by atoms with Gasteiger partial charge in [0.05, 0.1) is 13.2 Å². The van der Waals surface area contributed by atoms with Gasteiger partial charge in [0, 0.05) is 30.4 Å². The van der Waals surface area contributed by atoms with Crippen LogP contribution in [0.2, 0.25) is 0 Å². The molecule has 0 unspecified atom stereocenters. The molecule has 9 heteroatoms. The molecule has 0 saturated carbocycles. The van der Waals surface area contributed by atoms with Crippen molar-refractivity contribution in [1.82, 2.24) is 25.5 Å². The Bertz CT molecular complexity index is 668. The van der Waals surface area contributed by atoms with Gasteiger partial charge >= 0.3 is 0 Å². The second kappa shape index (κ2) is 10.6. The van der Waals surface area contributed by atoms with Gasteiger partial charge in [0.1, 0.15) is 0 Å². The van der Waals surface area contributed by atoms with Gasteiger partial charge in [0.15, 0.2) is 11.5 Å². The lowest BCUT2D eigenvalue weighted by atomic mass is 10.2. The first-order valence-corrected chi connectivity index (χ1v) is 10.1. The van der Waals surface area contributed by atoms with Crippen LogP contribution in [0.15, 0.2) is 21.8 Å². The Hall–Kier alpha value is -1.32. The third-order valence-corrected chi connectivity index (χ3v) is 5.03. The zero-order chi connectivity index (χ0) is 18.1. The Balaban J connectivity index is 1.87. The van der Waals surface area contributed by atoms with Gasteiger partial charge in [-0.3, -0.25) is 0 Å².